The zero-order valence-corrected chi connectivity index (χ0v) is 22.3. The number of nitrogens with zero attached hydrogens (tertiary/aromatic N) is 2. The largest absolute Gasteiger partial charge is 0.308 e. The maximum atomic E-state index is 5.29. The van der Waals surface area contributed by atoms with Crippen molar-refractivity contribution in [3.8, 4) is 16.9 Å². The minimum atomic E-state index is 1.02. The molecule has 0 atom stereocenters. The van der Waals surface area contributed by atoms with E-state index >= 15 is 0 Å². The van der Waals surface area contributed by atoms with Crippen LogP contribution in [0.4, 0.5) is 0 Å². The first-order chi connectivity index (χ1) is 19.9. The van der Waals surface area contributed by atoms with Crippen LogP contribution in [0, 0.1) is 0 Å². The number of fused-ring (bicyclic) bond motifs is 10. The number of thiophene rings is 1. The van der Waals surface area contributed by atoms with E-state index in [0.717, 1.165) is 16.8 Å². The Morgan fingerprint density at radius 2 is 1.10 bits per heavy atom. The monoisotopic (exact) mass is 526 g/mol. The molecule has 3 aromatic heterocycles. The molecule has 40 heavy (non-hydrogen) atoms. The second kappa shape index (κ2) is 8.25. The summed E-state index contributed by atoms with van der Waals surface area (Å²) in [4.78, 5) is 5.29. The number of rotatable bonds is 2. The van der Waals surface area contributed by atoms with Crippen molar-refractivity contribution in [1.82, 2.24) is 9.55 Å². The van der Waals surface area contributed by atoms with Gasteiger partial charge in [-0.2, -0.15) is 0 Å². The van der Waals surface area contributed by atoms with Crippen LogP contribution in [0.15, 0.2) is 133 Å². The Kier molecular flexibility index (Phi) is 4.52. The molecule has 0 saturated heterocycles. The summed E-state index contributed by atoms with van der Waals surface area (Å²) in [5, 5.41) is 8.80. The molecule has 186 valence electrons. The van der Waals surface area contributed by atoms with Gasteiger partial charge in [-0.05, 0) is 30.3 Å². The summed E-state index contributed by atoms with van der Waals surface area (Å²) >= 11 is 1.89. The fourth-order valence-corrected chi connectivity index (χ4v) is 7.69. The average Bonchev–Trinajstić information content (AvgIpc) is 3.57. The number of aromatic nitrogens is 2. The molecule has 0 unspecified atom stereocenters. The molecule has 0 bridgehead atoms. The summed E-state index contributed by atoms with van der Waals surface area (Å²) in [6, 6.07) is 48.0. The first-order valence-electron chi connectivity index (χ1n) is 13.6. The molecule has 0 radical (unpaired) electrons. The zero-order valence-electron chi connectivity index (χ0n) is 21.5. The lowest BCUT2D eigenvalue weighted by Gasteiger charge is -2.16. The molecule has 0 amide bonds. The number of hydrogen-bond acceptors (Lipinski definition) is 2. The quantitative estimate of drug-likeness (QED) is 0.205. The predicted octanol–water partition coefficient (Wildman–Crippen LogP) is 10.5. The molecule has 0 N–H and O–H groups in total. The second-order valence-corrected chi connectivity index (χ2v) is 11.4. The SMILES string of the molecule is c1ccc(-c2nc3ccccc3c3c2cc(-n2c4ccccc4c4ccccc42)c2sc4ccccc4c23)cc1. The van der Waals surface area contributed by atoms with E-state index in [1.54, 1.807) is 0 Å². The van der Waals surface area contributed by atoms with E-state index in [9.17, 15) is 0 Å². The van der Waals surface area contributed by atoms with Gasteiger partial charge in [0.1, 0.15) is 0 Å². The van der Waals surface area contributed by atoms with Crippen LogP contribution in [0.25, 0.3) is 80.6 Å². The molecule has 0 aliphatic heterocycles. The Balaban J connectivity index is 1.59. The van der Waals surface area contributed by atoms with Crippen molar-refractivity contribution in [2.24, 2.45) is 0 Å². The second-order valence-electron chi connectivity index (χ2n) is 10.3. The van der Waals surface area contributed by atoms with Gasteiger partial charge in [0.05, 0.1) is 32.6 Å². The molecular formula is C37H22N2S. The van der Waals surface area contributed by atoms with Gasteiger partial charge < -0.3 is 4.57 Å². The maximum absolute atomic E-state index is 5.29. The average molecular weight is 527 g/mol. The lowest BCUT2D eigenvalue weighted by Crippen LogP contribution is -1.97. The molecule has 0 spiro atoms. The van der Waals surface area contributed by atoms with E-state index in [1.807, 2.05) is 11.3 Å². The fraction of sp³-hybridized carbons (Fsp3) is 0. The van der Waals surface area contributed by atoms with Crippen molar-refractivity contribution in [3.05, 3.63) is 133 Å². The van der Waals surface area contributed by atoms with Crippen LogP contribution in [0.1, 0.15) is 0 Å². The Morgan fingerprint density at radius 3 is 1.85 bits per heavy atom. The molecule has 0 aliphatic rings. The van der Waals surface area contributed by atoms with Crippen LogP contribution in [-0.4, -0.2) is 9.55 Å². The van der Waals surface area contributed by atoms with E-state index in [4.69, 9.17) is 4.98 Å². The van der Waals surface area contributed by atoms with E-state index < -0.39 is 0 Å². The molecule has 0 fully saturated rings. The number of para-hydroxylation sites is 3. The highest BCUT2D eigenvalue weighted by molar-refractivity contribution is 7.26. The van der Waals surface area contributed by atoms with E-state index in [-0.39, 0.29) is 0 Å². The lowest BCUT2D eigenvalue weighted by atomic mass is 9.95. The van der Waals surface area contributed by atoms with E-state index in [2.05, 4.69) is 138 Å². The highest BCUT2D eigenvalue weighted by atomic mass is 32.1. The molecule has 3 heterocycles. The maximum Gasteiger partial charge on any atom is 0.0789 e. The van der Waals surface area contributed by atoms with Crippen LogP contribution >= 0.6 is 11.3 Å². The topological polar surface area (TPSA) is 17.8 Å². The van der Waals surface area contributed by atoms with Gasteiger partial charge in [0, 0.05) is 48.0 Å². The van der Waals surface area contributed by atoms with Gasteiger partial charge in [0.15, 0.2) is 0 Å². The van der Waals surface area contributed by atoms with Crippen LogP contribution in [0.2, 0.25) is 0 Å². The molecule has 3 heteroatoms. The summed E-state index contributed by atoms with van der Waals surface area (Å²) in [5.41, 5.74) is 6.82. The summed E-state index contributed by atoms with van der Waals surface area (Å²) < 4.78 is 5.07. The van der Waals surface area contributed by atoms with Crippen LogP contribution in [0.5, 0.6) is 0 Å². The van der Waals surface area contributed by atoms with E-state index in [1.165, 1.54) is 63.8 Å². The van der Waals surface area contributed by atoms with Crippen LogP contribution < -0.4 is 0 Å². The standard InChI is InChI=1S/C37H22N2S/c1-2-12-23(13-3-1)36-28-22-32(39-30-19-9-5-14-24(30)25-15-6-10-20-31(25)39)37-35(27-17-7-11-21-33(27)40-37)34(28)26-16-4-8-18-29(26)38-36/h1-22H. The van der Waals surface area contributed by atoms with E-state index in [0.29, 0.717) is 0 Å². The lowest BCUT2D eigenvalue weighted by molar-refractivity contribution is 1.21. The summed E-state index contributed by atoms with van der Waals surface area (Å²) in [6.07, 6.45) is 0. The Labute approximate surface area is 234 Å². The van der Waals surface area contributed by atoms with Gasteiger partial charge in [-0.1, -0.05) is 103 Å². The Morgan fingerprint density at radius 1 is 0.500 bits per heavy atom. The number of pyridine rings is 1. The predicted molar refractivity (Wildman–Crippen MR) is 172 cm³/mol. The Hall–Kier alpha value is -4.99. The summed E-state index contributed by atoms with van der Waals surface area (Å²) in [6.45, 7) is 0. The smallest absolute Gasteiger partial charge is 0.0789 e. The van der Waals surface area contributed by atoms with Crippen molar-refractivity contribution in [3.63, 3.8) is 0 Å². The highest BCUT2D eigenvalue weighted by Gasteiger charge is 2.22. The van der Waals surface area contributed by atoms with Crippen molar-refractivity contribution < 1.29 is 0 Å². The van der Waals surface area contributed by atoms with Gasteiger partial charge in [-0.3, -0.25) is 0 Å². The summed E-state index contributed by atoms with van der Waals surface area (Å²) in [7, 11) is 0. The molecule has 2 nitrogen and oxygen atoms in total. The molecule has 9 aromatic rings. The van der Waals surface area contributed by atoms with Crippen molar-refractivity contribution >= 4 is 75.0 Å². The van der Waals surface area contributed by atoms with Crippen molar-refractivity contribution in [1.29, 1.82) is 0 Å². The minimum Gasteiger partial charge on any atom is -0.308 e. The molecule has 0 aliphatic carbocycles. The minimum absolute atomic E-state index is 1.02. The summed E-state index contributed by atoms with van der Waals surface area (Å²) in [5.74, 6) is 0. The van der Waals surface area contributed by atoms with Crippen molar-refractivity contribution in [2.45, 2.75) is 0 Å². The van der Waals surface area contributed by atoms with Gasteiger partial charge in [-0.15, -0.1) is 11.3 Å². The van der Waals surface area contributed by atoms with Gasteiger partial charge in [-0.25, -0.2) is 4.98 Å². The fourth-order valence-electron chi connectivity index (χ4n) is 6.48. The Bertz CT molecular complexity index is 2380. The zero-order chi connectivity index (χ0) is 26.2. The highest BCUT2D eigenvalue weighted by Crippen LogP contribution is 2.47. The molecule has 9 rings (SSSR count). The van der Waals surface area contributed by atoms with Crippen LogP contribution in [-0.2, 0) is 0 Å². The number of hydrogen-bond donors (Lipinski definition) is 0. The first kappa shape index (κ1) is 21.9. The van der Waals surface area contributed by atoms with Crippen LogP contribution in [0.3, 0.4) is 0 Å². The van der Waals surface area contributed by atoms with Gasteiger partial charge in [0.2, 0.25) is 0 Å². The molecule has 6 aromatic carbocycles. The normalized spacial score (nSPS) is 12.0. The third-order valence-electron chi connectivity index (χ3n) is 8.16. The third-order valence-corrected chi connectivity index (χ3v) is 9.35. The first-order valence-corrected chi connectivity index (χ1v) is 14.4. The van der Waals surface area contributed by atoms with Crippen molar-refractivity contribution in [2.75, 3.05) is 0 Å². The van der Waals surface area contributed by atoms with Gasteiger partial charge >= 0.3 is 0 Å². The molecular weight excluding hydrogens is 504 g/mol. The molecule has 0 saturated carbocycles. The third kappa shape index (κ3) is 2.95. The van der Waals surface area contributed by atoms with Gasteiger partial charge in [0.25, 0.3) is 0 Å². The number of benzene rings is 6.